The van der Waals surface area contributed by atoms with E-state index in [1.165, 1.54) is 18.4 Å². The van der Waals surface area contributed by atoms with Crippen molar-refractivity contribution in [3.05, 3.63) is 34.2 Å². The monoisotopic (exact) mass is 259 g/mol. The van der Waals surface area contributed by atoms with Gasteiger partial charge in [0.25, 0.3) is 0 Å². The molecule has 0 radical (unpaired) electrons. The first kappa shape index (κ1) is 12.5. The maximum absolute atomic E-state index is 12.1. The van der Waals surface area contributed by atoms with Gasteiger partial charge in [0.1, 0.15) is 0 Å². The van der Waals surface area contributed by atoms with Crippen molar-refractivity contribution in [2.45, 2.75) is 45.8 Å². The number of rotatable bonds is 3. The van der Waals surface area contributed by atoms with Gasteiger partial charge in [0.05, 0.1) is 11.0 Å². The molecule has 2 aromatic rings. The van der Waals surface area contributed by atoms with Gasteiger partial charge in [0.2, 0.25) is 0 Å². The van der Waals surface area contributed by atoms with Crippen LogP contribution in [0.3, 0.4) is 0 Å². The van der Waals surface area contributed by atoms with E-state index >= 15 is 0 Å². The first-order valence-electron chi connectivity index (χ1n) is 7.15. The van der Waals surface area contributed by atoms with Crippen LogP contribution in [-0.4, -0.2) is 27.0 Å². The average Bonchev–Trinajstić information content (AvgIpc) is 2.63. The summed E-state index contributed by atoms with van der Waals surface area (Å²) < 4.78 is 1.90. The standard InChI is InChI=1S/C15H21N3O/c1-3-4-8-17-10-12-6-5-7-13-14(12)18(9-11(17)2)15(19)16-13/h5-7,11H,3-4,8-10H2,1-2H3,(H,16,19)/t11-/m0/s1. The normalized spacial score (nSPS) is 19.8. The van der Waals surface area contributed by atoms with Crippen LogP contribution in [0.1, 0.15) is 32.3 Å². The quantitative estimate of drug-likeness (QED) is 0.919. The molecule has 102 valence electrons. The molecule has 0 amide bonds. The smallest absolute Gasteiger partial charge is 0.306 e. The molecule has 0 fully saturated rings. The molecule has 1 atom stereocenters. The minimum absolute atomic E-state index is 0.0200. The number of nitrogens with zero attached hydrogens (tertiary/aromatic N) is 2. The summed E-state index contributed by atoms with van der Waals surface area (Å²) in [6, 6.07) is 6.56. The fourth-order valence-corrected chi connectivity index (χ4v) is 3.01. The van der Waals surface area contributed by atoms with E-state index in [1.54, 1.807) is 0 Å². The van der Waals surface area contributed by atoms with E-state index in [1.807, 2.05) is 16.7 Å². The number of para-hydroxylation sites is 1. The first-order chi connectivity index (χ1) is 9.20. The lowest BCUT2D eigenvalue weighted by atomic mass is 10.1. The molecule has 1 aliphatic heterocycles. The number of unbranched alkanes of at least 4 members (excludes halogenated alkanes) is 1. The number of imidazole rings is 1. The third-order valence-corrected chi connectivity index (χ3v) is 4.12. The predicted molar refractivity (Wildman–Crippen MR) is 77.3 cm³/mol. The van der Waals surface area contributed by atoms with Gasteiger partial charge in [0, 0.05) is 19.1 Å². The molecule has 0 saturated heterocycles. The molecule has 1 aliphatic rings. The minimum atomic E-state index is 0.0200. The van der Waals surface area contributed by atoms with Crippen molar-refractivity contribution in [3.8, 4) is 0 Å². The summed E-state index contributed by atoms with van der Waals surface area (Å²) in [7, 11) is 0. The highest BCUT2D eigenvalue weighted by Gasteiger charge is 2.23. The van der Waals surface area contributed by atoms with Crippen LogP contribution >= 0.6 is 0 Å². The van der Waals surface area contributed by atoms with E-state index in [0.717, 1.165) is 30.7 Å². The Morgan fingerprint density at radius 1 is 1.42 bits per heavy atom. The zero-order chi connectivity index (χ0) is 13.4. The van der Waals surface area contributed by atoms with Gasteiger partial charge in [-0.3, -0.25) is 9.47 Å². The van der Waals surface area contributed by atoms with E-state index < -0.39 is 0 Å². The Bertz CT molecular complexity index is 640. The van der Waals surface area contributed by atoms with E-state index in [0.29, 0.717) is 6.04 Å². The molecule has 4 nitrogen and oxygen atoms in total. The second kappa shape index (κ2) is 4.85. The molecular weight excluding hydrogens is 238 g/mol. The van der Waals surface area contributed by atoms with Crippen molar-refractivity contribution in [2.24, 2.45) is 0 Å². The lowest BCUT2D eigenvalue weighted by Gasteiger charge is -2.26. The van der Waals surface area contributed by atoms with Gasteiger partial charge >= 0.3 is 5.69 Å². The van der Waals surface area contributed by atoms with E-state index in [-0.39, 0.29) is 5.69 Å². The summed E-state index contributed by atoms with van der Waals surface area (Å²) in [5.74, 6) is 0. The molecule has 19 heavy (non-hydrogen) atoms. The molecule has 1 aromatic heterocycles. The summed E-state index contributed by atoms with van der Waals surface area (Å²) in [4.78, 5) is 17.5. The van der Waals surface area contributed by atoms with Crippen LogP contribution in [0, 0.1) is 0 Å². The Morgan fingerprint density at radius 3 is 3.05 bits per heavy atom. The highest BCUT2D eigenvalue weighted by atomic mass is 16.1. The average molecular weight is 259 g/mol. The number of hydrogen-bond acceptors (Lipinski definition) is 2. The Morgan fingerprint density at radius 2 is 2.26 bits per heavy atom. The summed E-state index contributed by atoms with van der Waals surface area (Å²) in [6.45, 7) is 7.26. The van der Waals surface area contributed by atoms with Crippen molar-refractivity contribution in [1.29, 1.82) is 0 Å². The zero-order valence-electron chi connectivity index (χ0n) is 11.6. The van der Waals surface area contributed by atoms with Gasteiger partial charge in [-0.05, 0) is 31.5 Å². The molecule has 1 N–H and O–H groups in total. The molecule has 2 heterocycles. The molecule has 0 spiro atoms. The SMILES string of the molecule is CCCCN1Cc2cccc3[nH]c(=O)n(c23)C[C@@H]1C. The van der Waals surface area contributed by atoms with Crippen molar-refractivity contribution in [2.75, 3.05) is 6.54 Å². The van der Waals surface area contributed by atoms with Crippen LogP contribution < -0.4 is 5.69 Å². The fraction of sp³-hybridized carbons (Fsp3) is 0.533. The number of aromatic nitrogens is 2. The topological polar surface area (TPSA) is 41.0 Å². The number of aromatic amines is 1. The van der Waals surface area contributed by atoms with Crippen molar-refractivity contribution in [1.82, 2.24) is 14.5 Å². The van der Waals surface area contributed by atoms with Gasteiger partial charge in [-0.15, -0.1) is 0 Å². The third kappa shape index (κ3) is 2.10. The highest BCUT2D eigenvalue weighted by molar-refractivity contribution is 5.79. The Balaban J connectivity index is 2.06. The molecule has 0 saturated carbocycles. The number of H-pyrrole nitrogens is 1. The first-order valence-corrected chi connectivity index (χ1v) is 7.15. The summed E-state index contributed by atoms with van der Waals surface area (Å²) in [6.07, 6.45) is 2.42. The lowest BCUT2D eigenvalue weighted by Crippen LogP contribution is -2.36. The van der Waals surface area contributed by atoms with Crippen LogP contribution in [0.2, 0.25) is 0 Å². The molecular formula is C15H21N3O. The summed E-state index contributed by atoms with van der Waals surface area (Å²) >= 11 is 0. The molecule has 3 rings (SSSR count). The molecule has 0 bridgehead atoms. The second-order valence-corrected chi connectivity index (χ2v) is 5.53. The summed E-state index contributed by atoms with van der Waals surface area (Å²) in [5.41, 5.74) is 3.34. The lowest BCUT2D eigenvalue weighted by molar-refractivity contribution is 0.186. The second-order valence-electron chi connectivity index (χ2n) is 5.53. The number of hydrogen-bond donors (Lipinski definition) is 1. The van der Waals surface area contributed by atoms with Crippen LogP contribution in [0.4, 0.5) is 0 Å². The van der Waals surface area contributed by atoms with E-state index in [4.69, 9.17) is 0 Å². The number of nitrogens with one attached hydrogen (secondary N) is 1. The van der Waals surface area contributed by atoms with Crippen LogP contribution in [-0.2, 0) is 13.1 Å². The molecule has 0 aliphatic carbocycles. The van der Waals surface area contributed by atoms with Crippen LogP contribution in [0.5, 0.6) is 0 Å². The van der Waals surface area contributed by atoms with Crippen LogP contribution in [0.25, 0.3) is 11.0 Å². The maximum atomic E-state index is 12.1. The van der Waals surface area contributed by atoms with Gasteiger partial charge in [-0.25, -0.2) is 4.79 Å². The summed E-state index contributed by atoms with van der Waals surface area (Å²) in [5, 5.41) is 0. The Hall–Kier alpha value is -1.55. The van der Waals surface area contributed by atoms with Gasteiger partial charge in [0.15, 0.2) is 0 Å². The molecule has 1 aromatic carbocycles. The molecule has 4 heteroatoms. The predicted octanol–water partition coefficient (Wildman–Crippen LogP) is 2.33. The van der Waals surface area contributed by atoms with Crippen molar-refractivity contribution in [3.63, 3.8) is 0 Å². The Labute approximate surface area is 113 Å². The molecule has 0 unspecified atom stereocenters. The van der Waals surface area contributed by atoms with E-state index in [9.17, 15) is 4.79 Å². The van der Waals surface area contributed by atoms with Crippen molar-refractivity contribution < 1.29 is 0 Å². The van der Waals surface area contributed by atoms with Gasteiger partial charge in [-0.2, -0.15) is 0 Å². The van der Waals surface area contributed by atoms with E-state index in [2.05, 4.69) is 29.8 Å². The van der Waals surface area contributed by atoms with Gasteiger partial charge < -0.3 is 4.98 Å². The third-order valence-electron chi connectivity index (χ3n) is 4.12. The highest BCUT2D eigenvalue weighted by Crippen LogP contribution is 2.23. The minimum Gasteiger partial charge on any atom is -0.306 e. The van der Waals surface area contributed by atoms with Crippen molar-refractivity contribution >= 4 is 11.0 Å². The zero-order valence-corrected chi connectivity index (χ0v) is 11.6. The van der Waals surface area contributed by atoms with Gasteiger partial charge in [-0.1, -0.05) is 25.5 Å². The largest absolute Gasteiger partial charge is 0.326 e. The fourth-order valence-electron chi connectivity index (χ4n) is 3.01. The Kier molecular flexibility index (Phi) is 3.19. The maximum Gasteiger partial charge on any atom is 0.326 e. The number of benzene rings is 1. The van der Waals surface area contributed by atoms with Crippen LogP contribution in [0.15, 0.2) is 23.0 Å².